The van der Waals surface area contributed by atoms with Crippen LogP contribution >= 0.6 is 11.8 Å². The number of fused-ring (bicyclic) bond motifs is 1. The molecule has 0 bridgehead atoms. The minimum Gasteiger partial charge on any atom is -0.388 e. The molecule has 1 unspecified atom stereocenters. The SMILES string of the molecule is CNc1ccc2c(c1)N(C1CNC1)C(=O)C(C)S2. The molecule has 2 aliphatic rings. The molecule has 0 radical (unpaired) electrons. The summed E-state index contributed by atoms with van der Waals surface area (Å²) < 4.78 is 0. The standard InChI is InChI=1S/C13H17N3OS/c1-8-13(17)16(10-6-15-7-10)11-5-9(14-2)3-4-12(11)18-8/h3-5,8,10,14-15H,6-7H2,1-2H3. The normalized spacial score (nSPS) is 23.6. The van der Waals surface area contributed by atoms with Gasteiger partial charge in [-0.1, -0.05) is 0 Å². The molecule has 0 aliphatic carbocycles. The van der Waals surface area contributed by atoms with Gasteiger partial charge in [0.2, 0.25) is 5.91 Å². The first kappa shape index (κ1) is 11.9. The first-order valence-corrected chi connectivity index (χ1v) is 7.11. The van der Waals surface area contributed by atoms with Crippen LogP contribution in [0.4, 0.5) is 11.4 Å². The van der Waals surface area contributed by atoms with Crippen molar-refractivity contribution in [1.29, 1.82) is 0 Å². The van der Waals surface area contributed by atoms with Crippen LogP contribution in [0, 0.1) is 0 Å². The van der Waals surface area contributed by atoms with Crippen molar-refractivity contribution in [2.75, 3.05) is 30.4 Å². The zero-order chi connectivity index (χ0) is 12.7. The molecular formula is C13H17N3OS. The van der Waals surface area contributed by atoms with Crippen LogP contribution in [0.3, 0.4) is 0 Å². The minimum absolute atomic E-state index is 0.0125. The lowest BCUT2D eigenvalue weighted by molar-refractivity contribution is -0.118. The van der Waals surface area contributed by atoms with Gasteiger partial charge in [-0.15, -0.1) is 11.8 Å². The Hall–Kier alpha value is -1.20. The van der Waals surface area contributed by atoms with E-state index in [1.807, 2.05) is 18.9 Å². The number of nitrogens with zero attached hydrogens (tertiary/aromatic N) is 1. The maximum atomic E-state index is 12.4. The summed E-state index contributed by atoms with van der Waals surface area (Å²) in [6.07, 6.45) is 0. The van der Waals surface area contributed by atoms with E-state index in [0.29, 0.717) is 6.04 Å². The number of hydrogen-bond donors (Lipinski definition) is 2. The summed E-state index contributed by atoms with van der Waals surface area (Å²) in [6.45, 7) is 3.78. The summed E-state index contributed by atoms with van der Waals surface area (Å²) >= 11 is 1.66. The molecule has 1 atom stereocenters. The average molecular weight is 263 g/mol. The third-order valence-electron chi connectivity index (χ3n) is 3.52. The average Bonchev–Trinajstić information content (AvgIpc) is 2.32. The van der Waals surface area contributed by atoms with Gasteiger partial charge in [0.25, 0.3) is 0 Å². The highest BCUT2D eigenvalue weighted by Gasteiger charge is 2.37. The topological polar surface area (TPSA) is 44.4 Å². The third kappa shape index (κ3) is 1.78. The zero-order valence-corrected chi connectivity index (χ0v) is 11.4. The van der Waals surface area contributed by atoms with Crippen molar-refractivity contribution in [1.82, 2.24) is 5.32 Å². The van der Waals surface area contributed by atoms with E-state index in [9.17, 15) is 4.79 Å². The van der Waals surface area contributed by atoms with Crippen molar-refractivity contribution >= 4 is 29.0 Å². The number of rotatable bonds is 2. The molecule has 96 valence electrons. The molecule has 5 heteroatoms. The van der Waals surface area contributed by atoms with Crippen LogP contribution in [0.5, 0.6) is 0 Å². The van der Waals surface area contributed by atoms with E-state index in [1.165, 1.54) is 4.90 Å². The largest absolute Gasteiger partial charge is 0.388 e. The molecule has 18 heavy (non-hydrogen) atoms. The zero-order valence-electron chi connectivity index (χ0n) is 10.6. The molecule has 4 nitrogen and oxygen atoms in total. The van der Waals surface area contributed by atoms with Gasteiger partial charge in [0.1, 0.15) is 0 Å². The first-order chi connectivity index (χ1) is 8.70. The van der Waals surface area contributed by atoms with Gasteiger partial charge in [0.05, 0.1) is 17.0 Å². The molecule has 1 aromatic rings. The number of benzene rings is 1. The molecule has 1 aromatic carbocycles. The van der Waals surface area contributed by atoms with E-state index in [0.717, 1.165) is 24.5 Å². The molecule has 1 saturated heterocycles. The van der Waals surface area contributed by atoms with Crippen LogP contribution in [-0.4, -0.2) is 37.3 Å². The number of anilines is 2. The summed E-state index contributed by atoms with van der Waals surface area (Å²) in [5, 5.41) is 6.39. The fourth-order valence-corrected chi connectivity index (χ4v) is 3.37. The number of hydrogen-bond acceptors (Lipinski definition) is 4. The number of carbonyl (C=O) groups is 1. The Balaban J connectivity index is 2.04. The quantitative estimate of drug-likeness (QED) is 0.849. The third-order valence-corrected chi connectivity index (χ3v) is 4.68. The summed E-state index contributed by atoms with van der Waals surface area (Å²) in [4.78, 5) is 15.6. The molecule has 2 N–H and O–H groups in total. The molecule has 3 rings (SSSR count). The highest BCUT2D eigenvalue weighted by molar-refractivity contribution is 8.01. The number of thioether (sulfide) groups is 1. The molecule has 2 heterocycles. The predicted molar refractivity (Wildman–Crippen MR) is 75.5 cm³/mol. The van der Waals surface area contributed by atoms with Crippen LogP contribution in [-0.2, 0) is 4.79 Å². The molecule has 1 fully saturated rings. The summed E-state index contributed by atoms with van der Waals surface area (Å²) in [7, 11) is 1.90. The van der Waals surface area contributed by atoms with Gasteiger partial charge in [-0.2, -0.15) is 0 Å². The van der Waals surface area contributed by atoms with Gasteiger partial charge in [0, 0.05) is 30.7 Å². The Morgan fingerprint density at radius 3 is 2.83 bits per heavy atom. The van der Waals surface area contributed by atoms with E-state index in [-0.39, 0.29) is 11.2 Å². The van der Waals surface area contributed by atoms with Crippen LogP contribution in [0.25, 0.3) is 0 Å². The smallest absolute Gasteiger partial charge is 0.240 e. The highest BCUT2D eigenvalue weighted by atomic mass is 32.2. The lowest BCUT2D eigenvalue weighted by Crippen LogP contribution is -2.61. The predicted octanol–water partition coefficient (Wildman–Crippen LogP) is 1.53. The van der Waals surface area contributed by atoms with Gasteiger partial charge < -0.3 is 15.5 Å². The van der Waals surface area contributed by atoms with Gasteiger partial charge >= 0.3 is 0 Å². The first-order valence-electron chi connectivity index (χ1n) is 6.23. The summed E-state index contributed by atoms with van der Waals surface area (Å²) in [6, 6.07) is 6.55. The Kier molecular flexibility index (Phi) is 2.95. The maximum absolute atomic E-state index is 12.4. The van der Waals surface area contributed by atoms with Gasteiger partial charge in [0.15, 0.2) is 0 Å². The van der Waals surface area contributed by atoms with Crippen molar-refractivity contribution in [3.63, 3.8) is 0 Å². The monoisotopic (exact) mass is 263 g/mol. The number of nitrogens with one attached hydrogen (secondary N) is 2. The van der Waals surface area contributed by atoms with Crippen molar-refractivity contribution in [2.45, 2.75) is 23.1 Å². The van der Waals surface area contributed by atoms with Crippen LogP contribution < -0.4 is 15.5 Å². The molecule has 0 spiro atoms. The van der Waals surface area contributed by atoms with E-state index in [2.05, 4.69) is 28.8 Å². The van der Waals surface area contributed by atoms with Crippen molar-refractivity contribution in [2.24, 2.45) is 0 Å². The Morgan fingerprint density at radius 2 is 2.22 bits per heavy atom. The van der Waals surface area contributed by atoms with Crippen molar-refractivity contribution < 1.29 is 4.79 Å². The Bertz CT molecular complexity index is 487. The van der Waals surface area contributed by atoms with E-state index in [4.69, 9.17) is 0 Å². The second-order valence-corrected chi connectivity index (χ2v) is 6.10. The number of amides is 1. The maximum Gasteiger partial charge on any atom is 0.240 e. The molecular weight excluding hydrogens is 246 g/mol. The summed E-state index contributed by atoms with van der Waals surface area (Å²) in [5.41, 5.74) is 2.11. The fourth-order valence-electron chi connectivity index (χ4n) is 2.35. The molecule has 1 amide bonds. The van der Waals surface area contributed by atoms with Crippen molar-refractivity contribution in [3.8, 4) is 0 Å². The minimum atomic E-state index is 0.0125. The van der Waals surface area contributed by atoms with Gasteiger partial charge in [-0.3, -0.25) is 4.79 Å². The Morgan fingerprint density at radius 1 is 1.44 bits per heavy atom. The van der Waals surface area contributed by atoms with Crippen LogP contribution in [0.15, 0.2) is 23.1 Å². The van der Waals surface area contributed by atoms with E-state index >= 15 is 0 Å². The second kappa shape index (κ2) is 4.48. The second-order valence-electron chi connectivity index (χ2n) is 4.71. The lowest BCUT2D eigenvalue weighted by atomic mass is 10.1. The fraction of sp³-hybridized carbons (Fsp3) is 0.462. The van der Waals surface area contributed by atoms with E-state index < -0.39 is 0 Å². The van der Waals surface area contributed by atoms with Gasteiger partial charge in [-0.05, 0) is 25.1 Å². The van der Waals surface area contributed by atoms with Gasteiger partial charge in [-0.25, -0.2) is 0 Å². The Labute approximate surface area is 111 Å². The van der Waals surface area contributed by atoms with Crippen molar-refractivity contribution in [3.05, 3.63) is 18.2 Å². The molecule has 0 aromatic heterocycles. The number of carbonyl (C=O) groups excluding carboxylic acids is 1. The summed E-state index contributed by atoms with van der Waals surface area (Å²) in [5.74, 6) is 0.229. The molecule has 0 saturated carbocycles. The highest BCUT2D eigenvalue weighted by Crippen LogP contribution is 2.41. The lowest BCUT2D eigenvalue weighted by Gasteiger charge is -2.42. The van der Waals surface area contributed by atoms with E-state index in [1.54, 1.807) is 11.8 Å². The van der Waals surface area contributed by atoms with Crippen LogP contribution in [0.2, 0.25) is 0 Å². The molecule has 2 aliphatic heterocycles. The van der Waals surface area contributed by atoms with Crippen LogP contribution in [0.1, 0.15) is 6.92 Å².